The van der Waals surface area contributed by atoms with Crippen molar-refractivity contribution in [3.05, 3.63) is 46.2 Å². The van der Waals surface area contributed by atoms with E-state index in [0.717, 1.165) is 36.6 Å². The molecule has 1 fully saturated rings. The summed E-state index contributed by atoms with van der Waals surface area (Å²) in [5, 5.41) is 3.47. The van der Waals surface area contributed by atoms with E-state index < -0.39 is 0 Å². The van der Waals surface area contributed by atoms with Crippen molar-refractivity contribution < 1.29 is 9.18 Å². The maximum atomic E-state index is 13.7. The summed E-state index contributed by atoms with van der Waals surface area (Å²) in [4.78, 5) is 21.9. The molecule has 0 atom stereocenters. The van der Waals surface area contributed by atoms with Crippen LogP contribution in [0.4, 0.5) is 14.3 Å². The molecular weight excluding hydrogens is 351 g/mol. The van der Waals surface area contributed by atoms with Crippen LogP contribution in [-0.2, 0) is 6.42 Å². The molecular formula is C19H25FN4OS. The van der Waals surface area contributed by atoms with Crippen LogP contribution >= 0.6 is 11.3 Å². The van der Waals surface area contributed by atoms with E-state index in [0.29, 0.717) is 23.2 Å². The molecule has 1 aliphatic rings. The lowest BCUT2D eigenvalue weighted by atomic mass is 10.1. The Kier molecular flexibility index (Phi) is 5.88. The SMILES string of the molecule is Cc1ccc(Cc2cnc(NC(=O)N3CCN(C(C)C)CC3)s2)cc1F. The van der Waals surface area contributed by atoms with Gasteiger partial charge in [-0.25, -0.2) is 14.2 Å². The largest absolute Gasteiger partial charge is 0.323 e. The van der Waals surface area contributed by atoms with Gasteiger partial charge in [0, 0.05) is 49.7 Å². The van der Waals surface area contributed by atoms with E-state index in [1.807, 2.05) is 11.0 Å². The molecule has 0 radical (unpaired) electrons. The number of urea groups is 1. The number of halogens is 1. The summed E-state index contributed by atoms with van der Waals surface area (Å²) in [7, 11) is 0. The Balaban J connectivity index is 1.55. The van der Waals surface area contributed by atoms with Gasteiger partial charge in [-0.15, -0.1) is 11.3 Å². The Bertz CT molecular complexity index is 769. The van der Waals surface area contributed by atoms with E-state index in [9.17, 15) is 9.18 Å². The third-order valence-electron chi connectivity index (χ3n) is 4.71. The van der Waals surface area contributed by atoms with Crippen LogP contribution in [0.15, 0.2) is 24.4 Å². The smallest absolute Gasteiger partial charge is 0.322 e. The molecule has 3 rings (SSSR count). The highest BCUT2D eigenvalue weighted by molar-refractivity contribution is 7.15. The zero-order valence-corrected chi connectivity index (χ0v) is 16.3. The highest BCUT2D eigenvalue weighted by atomic mass is 32.1. The molecule has 0 spiro atoms. The van der Waals surface area contributed by atoms with Crippen LogP contribution in [-0.4, -0.2) is 53.0 Å². The third-order valence-corrected chi connectivity index (χ3v) is 5.63. The first-order valence-electron chi connectivity index (χ1n) is 8.92. The molecule has 1 aromatic carbocycles. The van der Waals surface area contributed by atoms with Crippen molar-refractivity contribution >= 4 is 22.5 Å². The summed E-state index contributed by atoms with van der Waals surface area (Å²) < 4.78 is 13.7. The first kappa shape index (κ1) is 18.8. The Morgan fingerprint density at radius 3 is 2.69 bits per heavy atom. The summed E-state index contributed by atoms with van der Waals surface area (Å²) in [5.74, 6) is -0.193. The maximum absolute atomic E-state index is 13.7. The van der Waals surface area contributed by atoms with Gasteiger partial charge in [-0.2, -0.15) is 0 Å². The molecule has 1 aromatic heterocycles. The van der Waals surface area contributed by atoms with Gasteiger partial charge in [0.05, 0.1) is 0 Å². The number of carbonyl (C=O) groups excluding carboxylic acids is 1. The first-order valence-corrected chi connectivity index (χ1v) is 9.73. The van der Waals surface area contributed by atoms with Gasteiger partial charge >= 0.3 is 6.03 Å². The summed E-state index contributed by atoms with van der Waals surface area (Å²) >= 11 is 1.43. The van der Waals surface area contributed by atoms with Gasteiger partial charge in [-0.05, 0) is 38.0 Å². The minimum Gasteiger partial charge on any atom is -0.322 e. The standard InChI is InChI=1S/C19H25FN4OS/c1-13(2)23-6-8-24(9-7-23)19(25)22-18-21-12-16(26-18)10-15-5-4-14(3)17(20)11-15/h4-5,11-13H,6-10H2,1-3H3,(H,21,22,25). The van der Waals surface area contributed by atoms with Crippen molar-refractivity contribution in [3.63, 3.8) is 0 Å². The fourth-order valence-electron chi connectivity index (χ4n) is 3.01. The van der Waals surface area contributed by atoms with Gasteiger partial charge in [0.25, 0.3) is 0 Å². The molecule has 2 amide bonds. The molecule has 1 N–H and O–H groups in total. The molecule has 0 bridgehead atoms. The van der Waals surface area contributed by atoms with Crippen molar-refractivity contribution in [3.8, 4) is 0 Å². The molecule has 1 aliphatic heterocycles. The summed E-state index contributed by atoms with van der Waals surface area (Å²) in [5.41, 5.74) is 1.54. The number of anilines is 1. The first-order chi connectivity index (χ1) is 12.4. The van der Waals surface area contributed by atoms with Gasteiger partial charge in [0.1, 0.15) is 5.82 Å². The lowest BCUT2D eigenvalue weighted by Crippen LogP contribution is -2.51. The predicted octanol–water partition coefficient (Wildman–Crippen LogP) is 3.74. The van der Waals surface area contributed by atoms with E-state index in [-0.39, 0.29) is 11.8 Å². The van der Waals surface area contributed by atoms with Crippen LogP contribution in [0.5, 0.6) is 0 Å². The third kappa shape index (κ3) is 4.59. The molecule has 5 nitrogen and oxygen atoms in total. The van der Waals surface area contributed by atoms with Gasteiger partial charge in [0.15, 0.2) is 5.13 Å². The Hall–Kier alpha value is -1.99. The van der Waals surface area contributed by atoms with E-state index in [4.69, 9.17) is 0 Å². The lowest BCUT2D eigenvalue weighted by Gasteiger charge is -2.36. The fourth-order valence-corrected chi connectivity index (χ4v) is 3.84. The van der Waals surface area contributed by atoms with E-state index >= 15 is 0 Å². The Morgan fingerprint density at radius 1 is 1.31 bits per heavy atom. The number of hydrogen-bond acceptors (Lipinski definition) is 4. The van der Waals surface area contributed by atoms with Crippen LogP contribution in [0, 0.1) is 12.7 Å². The molecule has 0 saturated carbocycles. The average molecular weight is 377 g/mol. The Morgan fingerprint density at radius 2 is 2.04 bits per heavy atom. The molecule has 0 unspecified atom stereocenters. The molecule has 2 aromatic rings. The monoisotopic (exact) mass is 376 g/mol. The van der Waals surface area contributed by atoms with Crippen LogP contribution in [0.25, 0.3) is 0 Å². The van der Waals surface area contributed by atoms with Gasteiger partial charge in [-0.1, -0.05) is 12.1 Å². The van der Waals surface area contributed by atoms with Crippen molar-refractivity contribution in [2.75, 3.05) is 31.5 Å². The second-order valence-corrected chi connectivity index (χ2v) is 8.05. The minimum atomic E-state index is -0.193. The Labute approximate surface area is 157 Å². The molecule has 7 heteroatoms. The van der Waals surface area contributed by atoms with Gasteiger partial charge in [-0.3, -0.25) is 10.2 Å². The topological polar surface area (TPSA) is 48.5 Å². The normalized spacial score (nSPS) is 15.5. The van der Waals surface area contributed by atoms with Crippen LogP contribution in [0.3, 0.4) is 0 Å². The van der Waals surface area contributed by atoms with Gasteiger partial charge in [0.2, 0.25) is 0 Å². The highest BCUT2D eigenvalue weighted by Crippen LogP contribution is 2.22. The zero-order valence-electron chi connectivity index (χ0n) is 15.5. The average Bonchev–Trinajstić information content (AvgIpc) is 3.05. The van der Waals surface area contributed by atoms with Crippen LogP contribution in [0.1, 0.15) is 29.9 Å². The van der Waals surface area contributed by atoms with Crippen molar-refractivity contribution in [1.29, 1.82) is 0 Å². The van der Waals surface area contributed by atoms with E-state index in [1.54, 1.807) is 25.3 Å². The van der Waals surface area contributed by atoms with E-state index in [2.05, 4.69) is 29.0 Å². The molecule has 1 saturated heterocycles. The summed E-state index contributed by atoms with van der Waals surface area (Å²) in [6.45, 7) is 9.34. The zero-order chi connectivity index (χ0) is 18.7. The maximum Gasteiger partial charge on any atom is 0.323 e. The molecule has 26 heavy (non-hydrogen) atoms. The number of nitrogens with zero attached hydrogens (tertiary/aromatic N) is 3. The van der Waals surface area contributed by atoms with Crippen molar-refractivity contribution in [1.82, 2.24) is 14.8 Å². The predicted molar refractivity (Wildman–Crippen MR) is 103 cm³/mol. The fraction of sp³-hybridized carbons (Fsp3) is 0.474. The second kappa shape index (κ2) is 8.14. The number of benzene rings is 1. The lowest BCUT2D eigenvalue weighted by molar-refractivity contribution is 0.125. The molecule has 140 valence electrons. The summed E-state index contributed by atoms with van der Waals surface area (Å²) in [6.07, 6.45) is 2.35. The quantitative estimate of drug-likeness (QED) is 0.884. The van der Waals surface area contributed by atoms with Gasteiger partial charge < -0.3 is 4.90 Å². The minimum absolute atomic E-state index is 0.101. The second-order valence-electron chi connectivity index (χ2n) is 6.94. The number of piperazine rings is 1. The number of amides is 2. The van der Waals surface area contributed by atoms with Crippen LogP contribution < -0.4 is 5.32 Å². The van der Waals surface area contributed by atoms with Crippen molar-refractivity contribution in [2.24, 2.45) is 0 Å². The number of carbonyl (C=O) groups is 1. The van der Waals surface area contributed by atoms with Crippen LogP contribution in [0.2, 0.25) is 0 Å². The molecule has 2 heterocycles. The number of nitrogens with one attached hydrogen (secondary N) is 1. The summed E-state index contributed by atoms with van der Waals surface area (Å²) in [6, 6.07) is 5.67. The number of aryl methyl sites for hydroxylation is 1. The highest BCUT2D eigenvalue weighted by Gasteiger charge is 2.23. The van der Waals surface area contributed by atoms with Crippen molar-refractivity contribution in [2.45, 2.75) is 33.2 Å². The number of hydrogen-bond donors (Lipinski definition) is 1. The number of thiazole rings is 1. The number of rotatable bonds is 4. The molecule has 0 aliphatic carbocycles. The van der Waals surface area contributed by atoms with E-state index in [1.165, 1.54) is 11.3 Å². The number of aromatic nitrogens is 1.